The maximum atomic E-state index is 12.4. The number of hydrogen-bond donors (Lipinski definition) is 1. The van der Waals surface area contributed by atoms with Crippen LogP contribution in [-0.2, 0) is 4.79 Å². The Morgan fingerprint density at radius 2 is 1.68 bits per heavy atom. The van der Waals surface area contributed by atoms with E-state index in [1.165, 1.54) is 5.56 Å². The van der Waals surface area contributed by atoms with Crippen LogP contribution in [0.4, 0.5) is 0 Å². The Morgan fingerprint density at radius 1 is 1.08 bits per heavy atom. The summed E-state index contributed by atoms with van der Waals surface area (Å²) in [7, 11) is 0. The van der Waals surface area contributed by atoms with Crippen LogP contribution in [0.2, 0.25) is 5.02 Å². The molecule has 2 atom stereocenters. The molecule has 134 valence electrons. The second kappa shape index (κ2) is 9.33. The van der Waals surface area contributed by atoms with E-state index in [1.54, 1.807) is 24.3 Å². The van der Waals surface area contributed by atoms with Crippen LogP contribution in [0, 0.1) is 6.92 Å². The van der Waals surface area contributed by atoms with E-state index < -0.39 is 6.10 Å². The molecule has 0 aromatic heterocycles. The molecule has 2 aromatic carbocycles. The zero-order chi connectivity index (χ0) is 18.2. The monoisotopic (exact) mass is 361 g/mol. The number of hydrogen-bond acceptors (Lipinski definition) is 3. The quantitative estimate of drug-likeness (QED) is 0.758. The van der Waals surface area contributed by atoms with Crippen LogP contribution in [0.15, 0.2) is 48.5 Å². The fraction of sp³-hybridized carbons (Fsp3) is 0.350. The summed E-state index contributed by atoms with van der Waals surface area (Å²) in [5.41, 5.74) is 1.18. The summed E-state index contributed by atoms with van der Waals surface area (Å²) in [6.45, 7) is 6.24. The minimum atomic E-state index is -0.553. The molecule has 0 saturated heterocycles. The van der Waals surface area contributed by atoms with Gasteiger partial charge in [-0.15, -0.1) is 0 Å². The van der Waals surface area contributed by atoms with Gasteiger partial charge in [0.2, 0.25) is 0 Å². The Kier molecular flexibility index (Phi) is 7.14. The fourth-order valence-electron chi connectivity index (χ4n) is 2.23. The normalized spacial score (nSPS) is 13.0. The van der Waals surface area contributed by atoms with Crippen molar-refractivity contribution in [3.8, 4) is 11.5 Å². The van der Waals surface area contributed by atoms with Crippen LogP contribution in [0.5, 0.6) is 11.5 Å². The SMILES string of the molecule is CC[C@@H](Oc1ccc(Cl)cc1)C(=O)N[C@H](C)COc1ccc(C)cc1. The smallest absolute Gasteiger partial charge is 0.261 e. The van der Waals surface area contributed by atoms with E-state index in [4.69, 9.17) is 21.1 Å². The van der Waals surface area contributed by atoms with E-state index >= 15 is 0 Å². The minimum Gasteiger partial charge on any atom is -0.491 e. The molecule has 5 heteroatoms. The zero-order valence-corrected chi connectivity index (χ0v) is 15.5. The van der Waals surface area contributed by atoms with Gasteiger partial charge in [0.15, 0.2) is 6.10 Å². The Labute approximate surface area is 154 Å². The molecular formula is C20H24ClNO3. The fourth-order valence-corrected chi connectivity index (χ4v) is 2.36. The molecule has 25 heavy (non-hydrogen) atoms. The first-order valence-electron chi connectivity index (χ1n) is 8.40. The van der Waals surface area contributed by atoms with Crippen molar-refractivity contribution in [1.82, 2.24) is 5.32 Å². The Hall–Kier alpha value is -2.20. The van der Waals surface area contributed by atoms with Crippen molar-refractivity contribution in [2.24, 2.45) is 0 Å². The molecule has 0 aliphatic rings. The maximum absolute atomic E-state index is 12.4. The Balaban J connectivity index is 1.83. The van der Waals surface area contributed by atoms with Gasteiger partial charge in [0.25, 0.3) is 5.91 Å². The molecule has 2 aromatic rings. The molecule has 4 nitrogen and oxygen atoms in total. The summed E-state index contributed by atoms with van der Waals surface area (Å²) in [6, 6.07) is 14.7. The molecular weight excluding hydrogens is 338 g/mol. The predicted octanol–water partition coefficient (Wildman–Crippen LogP) is 4.39. The number of benzene rings is 2. The molecule has 0 radical (unpaired) electrons. The number of carbonyl (C=O) groups excluding carboxylic acids is 1. The van der Waals surface area contributed by atoms with Crippen molar-refractivity contribution < 1.29 is 14.3 Å². The van der Waals surface area contributed by atoms with Crippen molar-refractivity contribution in [1.29, 1.82) is 0 Å². The molecule has 0 aliphatic heterocycles. The number of amides is 1. The highest BCUT2D eigenvalue weighted by Crippen LogP contribution is 2.18. The predicted molar refractivity (Wildman–Crippen MR) is 100 cm³/mol. The third-order valence-corrected chi connectivity index (χ3v) is 3.92. The van der Waals surface area contributed by atoms with E-state index in [2.05, 4.69) is 5.32 Å². The Morgan fingerprint density at radius 3 is 2.28 bits per heavy atom. The van der Waals surface area contributed by atoms with Crippen LogP contribution in [0.3, 0.4) is 0 Å². The average molecular weight is 362 g/mol. The van der Waals surface area contributed by atoms with Crippen LogP contribution in [0.1, 0.15) is 25.8 Å². The van der Waals surface area contributed by atoms with E-state index in [-0.39, 0.29) is 11.9 Å². The molecule has 0 heterocycles. The molecule has 0 saturated carbocycles. The number of aryl methyl sites for hydroxylation is 1. The van der Waals surface area contributed by atoms with E-state index in [0.717, 1.165) is 5.75 Å². The summed E-state index contributed by atoms with van der Waals surface area (Å²) >= 11 is 5.86. The van der Waals surface area contributed by atoms with Crippen molar-refractivity contribution in [3.63, 3.8) is 0 Å². The highest BCUT2D eigenvalue weighted by atomic mass is 35.5. The van der Waals surface area contributed by atoms with Gasteiger partial charge >= 0.3 is 0 Å². The third kappa shape index (κ3) is 6.31. The molecule has 0 unspecified atom stereocenters. The van der Waals surface area contributed by atoms with Gasteiger partial charge in [-0.3, -0.25) is 4.79 Å². The number of nitrogens with one attached hydrogen (secondary N) is 1. The molecule has 1 N–H and O–H groups in total. The minimum absolute atomic E-state index is 0.128. The second-order valence-corrected chi connectivity index (χ2v) is 6.44. The topological polar surface area (TPSA) is 47.6 Å². The lowest BCUT2D eigenvalue weighted by atomic mass is 10.2. The van der Waals surface area contributed by atoms with Crippen molar-refractivity contribution in [2.45, 2.75) is 39.3 Å². The summed E-state index contributed by atoms with van der Waals surface area (Å²) in [5, 5.41) is 3.56. The first-order chi connectivity index (χ1) is 12.0. The average Bonchev–Trinajstić information content (AvgIpc) is 2.60. The Bertz CT molecular complexity index is 670. The molecule has 2 rings (SSSR count). The lowest BCUT2D eigenvalue weighted by Gasteiger charge is -2.21. The lowest BCUT2D eigenvalue weighted by molar-refractivity contribution is -0.128. The summed E-state index contributed by atoms with van der Waals surface area (Å²) < 4.78 is 11.4. The van der Waals surface area contributed by atoms with Gasteiger partial charge < -0.3 is 14.8 Å². The van der Waals surface area contributed by atoms with Crippen molar-refractivity contribution in [3.05, 3.63) is 59.1 Å². The van der Waals surface area contributed by atoms with Gasteiger partial charge in [-0.1, -0.05) is 36.2 Å². The van der Waals surface area contributed by atoms with Gasteiger partial charge in [-0.25, -0.2) is 0 Å². The lowest BCUT2D eigenvalue weighted by Crippen LogP contribution is -2.44. The van der Waals surface area contributed by atoms with Crippen LogP contribution >= 0.6 is 11.6 Å². The largest absolute Gasteiger partial charge is 0.491 e. The number of carbonyl (C=O) groups is 1. The first-order valence-corrected chi connectivity index (χ1v) is 8.77. The van der Waals surface area contributed by atoms with Gasteiger partial charge in [-0.2, -0.15) is 0 Å². The van der Waals surface area contributed by atoms with E-state index in [9.17, 15) is 4.79 Å². The number of halogens is 1. The maximum Gasteiger partial charge on any atom is 0.261 e. The summed E-state index contributed by atoms with van der Waals surface area (Å²) in [4.78, 5) is 12.4. The highest BCUT2D eigenvalue weighted by molar-refractivity contribution is 6.30. The molecule has 0 bridgehead atoms. The van der Waals surface area contributed by atoms with E-state index in [1.807, 2.05) is 45.0 Å². The van der Waals surface area contributed by atoms with Crippen LogP contribution in [-0.4, -0.2) is 24.7 Å². The van der Waals surface area contributed by atoms with Crippen molar-refractivity contribution >= 4 is 17.5 Å². The van der Waals surface area contributed by atoms with Gasteiger partial charge in [-0.05, 0) is 56.7 Å². The standard InChI is InChI=1S/C20H24ClNO3/c1-4-19(25-18-11-7-16(21)8-12-18)20(23)22-15(3)13-24-17-9-5-14(2)6-10-17/h5-12,15,19H,4,13H2,1-3H3,(H,22,23)/t15-,19-/m1/s1. The van der Waals surface area contributed by atoms with Crippen LogP contribution < -0.4 is 14.8 Å². The van der Waals surface area contributed by atoms with Gasteiger partial charge in [0, 0.05) is 5.02 Å². The third-order valence-electron chi connectivity index (χ3n) is 3.66. The second-order valence-electron chi connectivity index (χ2n) is 6.00. The van der Waals surface area contributed by atoms with Gasteiger partial charge in [0.1, 0.15) is 18.1 Å². The van der Waals surface area contributed by atoms with Crippen LogP contribution in [0.25, 0.3) is 0 Å². The number of ether oxygens (including phenoxy) is 2. The highest BCUT2D eigenvalue weighted by Gasteiger charge is 2.20. The number of rotatable bonds is 8. The molecule has 0 aliphatic carbocycles. The first kappa shape index (κ1) is 19.1. The summed E-state index contributed by atoms with van der Waals surface area (Å²) in [5.74, 6) is 1.25. The molecule has 0 fully saturated rings. The zero-order valence-electron chi connectivity index (χ0n) is 14.8. The summed E-state index contributed by atoms with van der Waals surface area (Å²) in [6.07, 6.45) is 0.0167. The van der Waals surface area contributed by atoms with E-state index in [0.29, 0.717) is 23.8 Å². The molecule has 0 spiro atoms. The molecule has 1 amide bonds. The van der Waals surface area contributed by atoms with Crippen molar-refractivity contribution in [2.75, 3.05) is 6.61 Å². The van der Waals surface area contributed by atoms with Gasteiger partial charge in [0.05, 0.1) is 6.04 Å².